The maximum atomic E-state index is 12.7. The fourth-order valence-electron chi connectivity index (χ4n) is 3.73. The number of thioether (sulfide) groups is 1. The average Bonchev–Trinajstić information content (AvgIpc) is 3.48. The first-order valence-corrected chi connectivity index (χ1v) is 13.1. The fraction of sp³-hybridized carbons (Fsp3) is 0.364. The van der Waals surface area contributed by atoms with Crippen LogP contribution in [0.4, 0.5) is 5.00 Å². The Bertz CT molecular complexity index is 1210. The molecule has 0 bridgehead atoms. The number of esters is 1. The van der Waals surface area contributed by atoms with Crippen LogP contribution < -0.4 is 5.32 Å². The summed E-state index contributed by atoms with van der Waals surface area (Å²) in [6.45, 7) is 4.67. The third kappa shape index (κ3) is 5.06. The highest BCUT2D eigenvalue weighted by atomic mass is 35.5. The number of anilines is 1. The standard InChI is InChI=1S/C22H22Cl2N4O3S2/c1-3-28-19(12-8-9-14(23)15(24)10-12)26-27-22(28)32-11-17(29)25-20-18(21(30)31-4-2)13-6-5-7-16(13)33-20/h8-10H,3-7,11H2,1-2H3,(H,25,29). The quantitative estimate of drug-likeness (QED) is 0.299. The zero-order chi connectivity index (χ0) is 23.5. The molecule has 4 rings (SSSR count). The van der Waals surface area contributed by atoms with E-state index in [1.165, 1.54) is 23.1 Å². The number of amides is 1. The topological polar surface area (TPSA) is 86.1 Å². The number of hydrogen-bond acceptors (Lipinski definition) is 7. The molecule has 174 valence electrons. The Morgan fingerprint density at radius 2 is 2.03 bits per heavy atom. The van der Waals surface area contributed by atoms with Crippen molar-refractivity contribution in [2.45, 2.75) is 44.8 Å². The summed E-state index contributed by atoms with van der Waals surface area (Å²) in [4.78, 5) is 26.4. The lowest BCUT2D eigenvalue weighted by atomic mass is 10.1. The number of carbonyl (C=O) groups is 2. The van der Waals surface area contributed by atoms with Gasteiger partial charge in [-0.1, -0.05) is 35.0 Å². The molecule has 0 unspecified atom stereocenters. The Kier molecular flexibility index (Phi) is 7.63. The maximum Gasteiger partial charge on any atom is 0.341 e. The normalized spacial score (nSPS) is 12.6. The number of rotatable bonds is 8. The van der Waals surface area contributed by atoms with Crippen molar-refractivity contribution in [3.8, 4) is 11.4 Å². The number of halogens is 2. The van der Waals surface area contributed by atoms with Gasteiger partial charge in [0.05, 0.1) is 28.0 Å². The van der Waals surface area contributed by atoms with Crippen LogP contribution in [0, 0.1) is 0 Å². The second-order valence-corrected chi connectivity index (χ2v) is 10.2. The van der Waals surface area contributed by atoms with Crippen molar-refractivity contribution >= 4 is 63.2 Å². The molecule has 11 heteroatoms. The molecule has 0 saturated heterocycles. The SMILES string of the molecule is CCOC(=O)c1c(NC(=O)CSc2nnc(-c3ccc(Cl)c(Cl)c3)n2CC)sc2c1CCC2. The summed E-state index contributed by atoms with van der Waals surface area (Å²) in [5.41, 5.74) is 2.31. The maximum absolute atomic E-state index is 12.7. The van der Waals surface area contributed by atoms with Crippen molar-refractivity contribution in [1.29, 1.82) is 0 Å². The highest BCUT2D eigenvalue weighted by Gasteiger charge is 2.28. The van der Waals surface area contributed by atoms with Gasteiger partial charge in [-0.2, -0.15) is 0 Å². The van der Waals surface area contributed by atoms with Crippen molar-refractivity contribution in [3.05, 3.63) is 44.2 Å². The minimum absolute atomic E-state index is 0.129. The molecule has 0 fully saturated rings. The van der Waals surface area contributed by atoms with Gasteiger partial charge in [0, 0.05) is 17.0 Å². The summed E-state index contributed by atoms with van der Waals surface area (Å²) in [7, 11) is 0. The Hall–Kier alpha value is -2.07. The van der Waals surface area contributed by atoms with Gasteiger partial charge in [0.25, 0.3) is 0 Å². The van der Waals surface area contributed by atoms with Gasteiger partial charge in [0.15, 0.2) is 11.0 Å². The average molecular weight is 525 g/mol. The number of hydrogen-bond donors (Lipinski definition) is 1. The van der Waals surface area contributed by atoms with Gasteiger partial charge in [-0.3, -0.25) is 4.79 Å². The van der Waals surface area contributed by atoms with Crippen LogP contribution >= 0.6 is 46.3 Å². The minimum atomic E-state index is -0.378. The molecule has 2 aromatic heterocycles. The number of aryl methyl sites for hydroxylation is 1. The van der Waals surface area contributed by atoms with E-state index in [-0.39, 0.29) is 17.6 Å². The third-order valence-electron chi connectivity index (χ3n) is 5.20. The molecule has 1 N–H and O–H groups in total. The number of nitrogens with zero attached hydrogens (tertiary/aromatic N) is 3. The van der Waals surface area contributed by atoms with Crippen LogP contribution in [0.2, 0.25) is 10.0 Å². The predicted octanol–water partition coefficient (Wildman–Crippen LogP) is 5.73. The smallest absolute Gasteiger partial charge is 0.341 e. The first-order chi connectivity index (χ1) is 15.9. The largest absolute Gasteiger partial charge is 0.462 e. The monoisotopic (exact) mass is 524 g/mol. The van der Waals surface area contributed by atoms with Gasteiger partial charge >= 0.3 is 5.97 Å². The van der Waals surface area contributed by atoms with E-state index in [0.717, 1.165) is 35.3 Å². The van der Waals surface area contributed by atoms with Crippen LogP contribution in [0.15, 0.2) is 23.4 Å². The molecule has 1 aliphatic carbocycles. The van der Waals surface area contributed by atoms with Gasteiger partial charge in [-0.25, -0.2) is 4.79 Å². The zero-order valence-corrected chi connectivity index (χ0v) is 21.3. The highest BCUT2D eigenvalue weighted by molar-refractivity contribution is 7.99. The highest BCUT2D eigenvalue weighted by Crippen LogP contribution is 2.39. The summed E-state index contributed by atoms with van der Waals surface area (Å²) in [5, 5.41) is 13.5. The van der Waals surface area contributed by atoms with E-state index in [2.05, 4.69) is 15.5 Å². The molecule has 33 heavy (non-hydrogen) atoms. The van der Waals surface area contributed by atoms with Crippen molar-refractivity contribution in [2.75, 3.05) is 17.7 Å². The molecular weight excluding hydrogens is 503 g/mol. The molecule has 0 atom stereocenters. The number of benzene rings is 1. The Morgan fingerprint density at radius 3 is 2.76 bits per heavy atom. The summed E-state index contributed by atoms with van der Waals surface area (Å²) >= 11 is 14.9. The van der Waals surface area contributed by atoms with Crippen molar-refractivity contribution < 1.29 is 14.3 Å². The summed E-state index contributed by atoms with van der Waals surface area (Å²) in [6, 6.07) is 5.29. The molecule has 0 saturated carbocycles. The molecule has 3 aromatic rings. The summed E-state index contributed by atoms with van der Waals surface area (Å²) in [5.74, 6) is 0.187. The van der Waals surface area contributed by atoms with Gasteiger partial charge in [0.2, 0.25) is 5.91 Å². The van der Waals surface area contributed by atoms with Gasteiger partial charge in [-0.05, 0) is 56.9 Å². The predicted molar refractivity (Wildman–Crippen MR) is 133 cm³/mol. The molecule has 7 nitrogen and oxygen atoms in total. The van der Waals surface area contributed by atoms with Crippen LogP contribution in [-0.4, -0.2) is 39.0 Å². The molecule has 0 aliphatic heterocycles. The third-order valence-corrected chi connectivity index (χ3v) is 8.11. The second-order valence-electron chi connectivity index (χ2n) is 7.30. The Morgan fingerprint density at radius 1 is 1.21 bits per heavy atom. The number of fused-ring (bicyclic) bond motifs is 1. The lowest BCUT2D eigenvalue weighted by molar-refractivity contribution is -0.113. The van der Waals surface area contributed by atoms with Crippen molar-refractivity contribution in [1.82, 2.24) is 14.8 Å². The van der Waals surface area contributed by atoms with E-state index in [1.54, 1.807) is 19.1 Å². The van der Waals surface area contributed by atoms with Gasteiger partial charge in [0.1, 0.15) is 5.00 Å². The van der Waals surface area contributed by atoms with Crippen LogP contribution in [0.1, 0.15) is 41.1 Å². The first-order valence-electron chi connectivity index (χ1n) is 10.6. The second kappa shape index (κ2) is 10.5. The zero-order valence-electron chi connectivity index (χ0n) is 18.1. The number of nitrogens with one attached hydrogen (secondary N) is 1. The Labute approximate surface area is 209 Å². The molecule has 0 radical (unpaired) electrons. The van der Waals surface area contributed by atoms with Crippen molar-refractivity contribution in [2.24, 2.45) is 0 Å². The molecular formula is C22H22Cl2N4O3S2. The number of carbonyl (C=O) groups excluding carboxylic acids is 2. The van der Waals surface area contributed by atoms with Crippen LogP contribution in [0.5, 0.6) is 0 Å². The van der Waals surface area contributed by atoms with E-state index in [1.807, 2.05) is 17.6 Å². The lowest BCUT2D eigenvalue weighted by Crippen LogP contribution is -2.17. The van der Waals surface area contributed by atoms with E-state index in [0.29, 0.717) is 44.7 Å². The van der Waals surface area contributed by atoms with E-state index >= 15 is 0 Å². The van der Waals surface area contributed by atoms with Gasteiger partial charge < -0.3 is 14.6 Å². The molecule has 0 spiro atoms. The van der Waals surface area contributed by atoms with Crippen LogP contribution in [-0.2, 0) is 28.9 Å². The Balaban J connectivity index is 1.48. The van der Waals surface area contributed by atoms with E-state index in [4.69, 9.17) is 27.9 Å². The molecule has 2 heterocycles. The first kappa shape index (κ1) is 24.1. The van der Waals surface area contributed by atoms with Gasteiger partial charge in [-0.15, -0.1) is 21.5 Å². The molecule has 1 aliphatic rings. The molecule has 1 aromatic carbocycles. The number of aromatic nitrogens is 3. The number of thiophene rings is 1. The van der Waals surface area contributed by atoms with Crippen LogP contribution in [0.3, 0.4) is 0 Å². The summed E-state index contributed by atoms with van der Waals surface area (Å²) in [6.07, 6.45) is 2.78. The fourth-order valence-corrected chi connectivity index (χ4v) is 6.13. The minimum Gasteiger partial charge on any atom is -0.462 e. The van der Waals surface area contributed by atoms with Crippen molar-refractivity contribution in [3.63, 3.8) is 0 Å². The summed E-state index contributed by atoms with van der Waals surface area (Å²) < 4.78 is 7.14. The number of ether oxygens (including phenoxy) is 1. The van der Waals surface area contributed by atoms with E-state index in [9.17, 15) is 9.59 Å². The van der Waals surface area contributed by atoms with E-state index < -0.39 is 0 Å². The lowest BCUT2D eigenvalue weighted by Gasteiger charge is -2.09. The van der Waals surface area contributed by atoms with Crippen LogP contribution in [0.25, 0.3) is 11.4 Å². The molecule has 1 amide bonds.